The number of halogens is 1. The van der Waals surface area contributed by atoms with Gasteiger partial charge in [0.25, 0.3) is 0 Å². The zero-order valence-corrected chi connectivity index (χ0v) is 13.7. The van der Waals surface area contributed by atoms with Gasteiger partial charge >= 0.3 is 0 Å². The molecule has 1 atom stereocenters. The maximum absolute atomic E-state index is 11.8. The number of carbonyl (C=O) groups is 1. The normalized spacial score (nSPS) is 18.0. The predicted octanol–water partition coefficient (Wildman–Crippen LogP) is 0.996. The first-order valence-corrected chi connectivity index (χ1v) is 8.55. The van der Waals surface area contributed by atoms with Crippen LogP contribution in [0.1, 0.15) is 12.0 Å². The smallest absolute Gasteiger partial charge is 0.248 e. The second-order valence-corrected chi connectivity index (χ2v) is 6.54. The van der Waals surface area contributed by atoms with E-state index in [1.54, 1.807) is 11.8 Å². The lowest BCUT2D eigenvalue weighted by atomic mass is 10.2. The summed E-state index contributed by atoms with van der Waals surface area (Å²) >= 11 is 7.63. The number of carbonyl (C=O) groups excluding carboxylic acids is 1. The highest BCUT2D eigenvalue weighted by molar-refractivity contribution is 7.99. The number of quaternary nitrogens is 1. The summed E-state index contributed by atoms with van der Waals surface area (Å²) in [5, 5.41) is 0.752. The van der Waals surface area contributed by atoms with Gasteiger partial charge in [-0.05, 0) is 17.7 Å². The summed E-state index contributed by atoms with van der Waals surface area (Å²) in [6.45, 7) is 2.09. The highest BCUT2D eigenvalue weighted by atomic mass is 35.5. The molecule has 1 aliphatic heterocycles. The van der Waals surface area contributed by atoms with Crippen LogP contribution in [0.2, 0.25) is 5.02 Å². The molecule has 114 valence electrons. The highest BCUT2D eigenvalue weighted by Crippen LogP contribution is 2.20. The molecule has 0 spiro atoms. The third-order valence-electron chi connectivity index (χ3n) is 3.33. The first kappa shape index (κ1) is 16.2. The largest absolute Gasteiger partial charge is 0.334 e. The van der Waals surface area contributed by atoms with Crippen molar-refractivity contribution in [1.29, 1.82) is 0 Å². The number of amides is 1. The van der Waals surface area contributed by atoms with E-state index >= 15 is 0 Å². The third kappa shape index (κ3) is 5.61. The van der Waals surface area contributed by atoms with Crippen molar-refractivity contribution in [1.82, 2.24) is 10.9 Å². The minimum absolute atomic E-state index is 0.0146. The van der Waals surface area contributed by atoms with Crippen molar-refractivity contribution >= 4 is 29.3 Å². The minimum Gasteiger partial charge on any atom is -0.334 e. The van der Waals surface area contributed by atoms with Crippen molar-refractivity contribution in [2.45, 2.75) is 12.2 Å². The molecule has 6 heteroatoms. The lowest BCUT2D eigenvalue weighted by Gasteiger charge is -2.20. The van der Waals surface area contributed by atoms with Gasteiger partial charge in [-0.25, -0.2) is 0 Å². The number of rotatable bonds is 6. The Bertz CT molecular complexity index is 521. The Labute approximate surface area is 134 Å². The van der Waals surface area contributed by atoms with Crippen LogP contribution >= 0.6 is 23.4 Å². The van der Waals surface area contributed by atoms with Gasteiger partial charge < -0.3 is 10.3 Å². The van der Waals surface area contributed by atoms with Crippen molar-refractivity contribution < 1.29 is 9.69 Å². The molecular formula is C15H21ClN3OS+. The average Bonchev–Trinajstić information content (AvgIpc) is 2.49. The summed E-state index contributed by atoms with van der Waals surface area (Å²) in [5.74, 6) is 1.14. The van der Waals surface area contributed by atoms with E-state index in [2.05, 4.69) is 24.0 Å². The van der Waals surface area contributed by atoms with Crippen LogP contribution in [0, 0.1) is 0 Å². The standard InChI is InChI=1S/C15H20ClN3OS/c1-19-8-6-13(7-9-19)17-18-15(20)11-21-10-12-4-2-3-5-14(12)16/h2-6,17H,7-11H2,1H3,(H,18,20)/p+1. The van der Waals surface area contributed by atoms with Crippen LogP contribution in [0.15, 0.2) is 36.0 Å². The quantitative estimate of drug-likeness (QED) is 0.683. The SMILES string of the molecule is C[NH+]1CC=C(NNC(=O)CSCc2ccccc2Cl)CC1. The zero-order chi connectivity index (χ0) is 15.1. The fourth-order valence-electron chi connectivity index (χ4n) is 2.02. The van der Waals surface area contributed by atoms with Gasteiger partial charge in [0.05, 0.1) is 25.9 Å². The van der Waals surface area contributed by atoms with Crippen LogP contribution < -0.4 is 15.8 Å². The number of nitrogens with one attached hydrogen (secondary N) is 3. The molecule has 0 bridgehead atoms. The molecule has 1 unspecified atom stereocenters. The van der Waals surface area contributed by atoms with Gasteiger partial charge in [-0.2, -0.15) is 0 Å². The van der Waals surface area contributed by atoms with E-state index in [1.807, 2.05) is 24.3 Å². The Kier molecular flexibility index (Phi) is 6.42. The number of hydrogen-bond donors (Lipinski definition) is 3. The molecule has 0 aromatic heterocycles. The fraction of sp³-hybridized carbons (Fsp3) is 0.400. The van der Waals surface area contributed by atoms with Crippen molar-refractivity contribution in [3.8, 4) is 0 Å². The maximum Gasteiger partial charge on any atom is 0.248 e. The van der Waals surface area contributed by atoms with Crippen LogP contribution in [0.3, 0.4) is 0 Å². The van der Waals surface area contributed by atoms with Crippen LogP contribution in [0.25, 0.3) is 0 Å². The molecule has 0 radical (unpaired) electrons. The second kappa shape index (κ2) is 8.32. The molecule has 0 saturated carbocycles. The Balaban J connectivity index is 1.65. The third-order valence-corrected chi connectivity index (χ3v) is 4.68. The number of thioether (sulfide) groups is 1. The van der Waals surface area contributed by atoms with E-state index in [9.17, 15) is 4.79 Å². The summed E-state index contributed by atoms with van der Waals surface area (Å²) in [6, 6.07) is 7.72. The predicted molar refractivity (Wildman–Crippen MR) is 88.2 cm³/mol. The molecule has 0 saturated heterocycles. The summed E-state index contributed by atoms with van der Waals surface area (Å²) in [6.07, 6.45) is 3.11. The van der Waals surface area contributed by atoms with Gasteiger partial charge in [0.15, 0.2) is 0 Å². The van der Waals surface area contributed by atoms with Crippen LogP contribution in [0.5, 0.6) is 0 Å². The summed E-state index contributed by atoms with van der Waals surface area (Å²) in [7, 11) is 2.16. The Morgan fingerprint density at radius 1 is 1.43 bits per heavy atom. The molecule has 4 nitrogen and oxygen atoms in total. The zero-order valence-electron chi connectivity index (χ0n) is 12.1. The monoisotopic (exact) mass is 326 g/mol. The molecule has 21 heavy (non-hydrogen) atoms. The van der Waals surface area contributed by atoms with Gasteiger partial charge in [0.2, 0.25) is 5.91 Å². The minimum atomic E-state index is -0.0146. The molecule has 1 aromatic rings. The van der Waals surface area contributed by atoms with Gasteiger partial charge in [0, 0.05) is 22.9 Å². The number of benzene rings is 1. The maximum atomic E-state index is 11.8. The van der Waals surface area contributed by atoms with Gasteiger partial charge in [-0.3, -0.25) is 10.2 Å². The molecule has 1 heterocycles. The Morgan fingerprint density at radius 2 is 2.24 bits per heavy atom. The number of hydrogen-bond acceptors (Lipinski definition) is 3. The molecular weight excluding hydrogens is 306 g/mol. The number of hydrazine groups is 1. The van der Waals surface area contributed by atoms with Crippen LogP contribution in [-0.4, -0.2) is 31.8 Å². The molecule has 0 fully saturated rings. The summed E-state index contributed by atoms with van der Waals surface area (Å²) in [4.78, 5) is 13.3. The first-order chi connectivity index (χ1) is 10.1. The highest BCUT2D eigenvalue weighted by Gasteiger charge is 2.11. The molecule has 3 N–H and O–H groups in total. The van der Waals surface area contributed by atoms with Crippen LogP contribution in [-0.2, 0) is 10.5 Å². The number of likely N-dealkylation sites (N-methyl/N-ethyl adjacent to an activating group) is 1. The van der Waals surface area contributed by atoms with E-state index < -0.39 is 0 Å². The molecule has 0 aliphatic carbocycles. The molecule has 2 rings (SSSR count). The first-order valence-electron chi connectivity index (χ1n) is 7.01. The van der Waals surface area contributed by atoms with Crippen molar-refractivity contribution in [3.05, 3.63) is 46.6 Å². The Hall–Kier alpha value is -1.17. The van der Waals surface area contributed by atoms with Crippen molar-refractivity contribution in [3.63, 3.8) is 0 Å². The van der Waals surface area contributed by atoms with E-state index in [0.29, 0.717) is 5.75 Å². The summed E-state index contributed by atoms with van der Waals surface area (Å²) < 4.78 is 0. The lowest BCUT2D eigenvalue weighted by molar-refractivity contribution is -0.875. The van der Waals surface area contributed by atoms with E-state index in [4.69, 9.17) is 11.6 Å². The topological polar surface area (TPSA) is 45.6 Å². The van der Waals surface area contributed by atoms with Gasteiger partial charge in [-0.1, -0.05) is 29.8 Å². The molecule has 1 aromatic carbocycles. The lowest BCUT2D eigenvalue weighted by Crippen LogP contribution is -3.09. The molecule has 1 amide bonds. The van der Waals surface area contributed by atoms with E-state index in [0.717, 1.165) is 41.5 Å². The average molecular weight is 327 g/mol. The van der Waals surface area contributed by atoms with Gasteiger partial charge in [-0.15, -0.1) is 11.8 Å². The van der Waals surface area contributed by atoms with Crippen molar-refractivity contribution in [2.75, 3.05) is 25.9 Å². The molecule has 1 aliphatic rings. The van der Waals surface area contributed by atoms with E-state index in [1.165, 1.54) is 4.90 Å². The summed E-state index contributed by atoms with van der Waals surface area (Å²) in [5.41, 5.74) is 7.92. The van der Waals surface area contributed by atoms with Crippen LogP contribution in [0.4, 0.5) is 0 Å². The van der Waals surface area contributed by atoms with Crippen molar-refractivity contribution in [2.24, 2.45) is 0 Å². The second-order valence-electron chi connectivity index (χ2n) is 5.15. The van der Waals surface area contributed by atoms with E-state index in [-0.39, 0.29) is 5.91 Å². The Morgan fingerprint density at radius 3 is 2.95 bits per heavy atom. The fourth-order valence-corrected chi connectivity index (χ4v) is 3.13. The van der Waals surface area contributed by atoms with Gasteiger partial charge in [0.1, 0.15) is 0 Å².